The summed E-state index contributed by atoms with van der Waals surface area (Å²) < 4.78 is 40.6. The van der Waals surface area contributed by atoms with Crippen molar-refractivity contribution in [1.82, 2.24) is 15.0 Å². The Labute approximate surface area is 202 Å². The zero-order valence-corrected chi connectivity index (χ0v) is 20.0. The maximum atomic E-state index is 13.5. The number of halogens is 3. The fraction of sp³-hybridized carbons (Fsp3) is 0.346. The first-order chi connectivity index (χ1) is 16.4. The molecule has 2 aromatic rings. The summed E-state index contributed by atoms with van der Waals surface area (Å²) >= 11 is 0. The molecule has 0 radical (unpaired) electrons. The van der Waals surface area contributed by atoms with Gasteiger partial charge in [0.2, 0.25) is 0 Å². The molecule has 2 aliphatic heterocycles. The van der Waals surface area contributed by atoms with E-state index in [0.717, 1.165) is 37.1 Å². The fourth-order valence-electron chi connectivity index (χ4n) is 4.95. The van der Waals surface area contributed by atoms with Crippen molar-refractivity contribution in [3.05, 3.63) is 70.7 Å². The molecule has 0 aliphatic carbocycles. The summed E-state index contributed by atoms with van der Waals surface area (Å²) in [6, 6.07) is 6.82. The lowest BCUT2D eigenvalue weighted by molar-refractivity contribution is -0.149. The van der Waals surface area contributed by atoms with Crippen LogP contribution in [-0.2, 0) is 11.0 Å². The molecular weight excluding hydrogens is 455 g/mol. The van der Waals surface area contributed by atoms with E-state index in [-0.39, 0.29) is 22.6 Å². The summed E-state index contributed by atoms with van der Waals surface area (Å²) in [5.41, 5.74) is 2.03. The molecule has 0 bridgehead atoms. The SMILES string of the molecule is C=C(Nc1ccc(C(F)(F)F)cc1-c1cnc(C)c(C#N)c1)C1=C(C)C2(C)CCCN2N(C)C1=O. The lowest BCUT2D eigenvalue weighted by Gasteiger charge is -2.47. The number of aromatic nitrogens is 1. The number of nitrogens with zero attached hydrogens (tertiary/aromatic N) is 4. The number of hydrogen-bond donors (Lipinski definition) is 1. The molecule has 1 saturated heterocycles. The standard InChI is InChI=1S/C26H26F3N5O/c1-15-23(24(35)33(5)34-10-6-9-25(15,34)4)17(3)32-22-8-7-20(26(27,28)29)12-21(22)19-11-18(13-30)16(2)31-14-19/h7-8,11-12,14,32H,3,6,9-10H2,1-2,4-5H3. The summed E-state index contributed by atoms with van der Waals surface area (Å²) in [6.45, 7) is 10.5. The molecule has 1 aromatic heterocycles. The first kappa shape index (κ1) is 24.5. The number of benzene rings is 1. The van der Waals surface area contributed by atoms with Crippen molar-refractivity contribution in [2.75, 3.05) is 18.9 Å². The van der Waals surface area contributed by atoms with E-state index in [9.17, 15) is 23.2 Å². The summed E-state index contributed by atoms with van der Waals surface area (Å²) in [5.74, 6) is -0.225. The highest BCUT2D eigenvalue weighted by atomic mass is 19.4. The van der Waals surface area contributed by atoms with Crippen LogP contribution in [0, 0.1) is 18.3 Å². The van der Waals surface area contributed by atoms with Crippen LogP contribution in [0.1, 0.15) is 43.5 Å². The van der Waals surface area contributed by atoms with Gasteiger partial charge in [-0.1, -0.05) is 6.58 Å². The van der Waals surface area contributed by atoms with Crippen molar-refractivity contribution in [2.24, 2.45) is 0 Å². The van der Waals surface area contributed by atoms with Crippen LogP contribution in [0.5, 0.6) is 0 Å². The molecule has 9 heteroatoms. The van der Waals surface area contributed by atoms with Gasteiger partial charge in [0.25, 0.3) is 5.91 Å². The normalized spacial score (nSPS) is 20.6. The van der Waals surface area contributed by atoms with Crippen LogP contribution in [0.3, 0.4) is 0 Å². The molecule has 0 saturated carbocycles. The van der Waals surface area contributed by atoms with Crippen LogP contribution in [0.25, 0.3) is 11.1 Å². The van der Waals surface area contributed by atoms with E-state index >= 15 is 0 Å². The monoisotopic (exact) mass is 481 g/mol. The van der Waals surface area contributed by atoms with Crippen molar-refractivity contribution in [1.29, 1.82) is 5.26 Å². The van der Waals surface area contributed by atoms with Crippen molar-refractivity contribution in [3.8, 4) is 17.2 Å². The van der Waals surface area contributed by atoms with Gasteiger partial charge in [-0.25, -0.2) is 5.01 Å². The smallest absolute Gasteiger partial charge is 0.355 e. The number of pyridine rings is 1. The Morgan fingerprint density at radius 3 is 2.66 bits per heavy atom. The first-order valence-corrected chi connectivity index (χ1v) is 11.2. The Bertz CT molecular complexity index is 1310. The summed E-state index contributed by atoms with van der Waals surface area (Å²) in [5, 5.41) is 16.1. The molecule has 1 atom stereocenters. The second-order valence-electron chi connectivity index (χ2n) is 9.16. The minimum absolute atomic E-state index is 0.202. The Morgan fingerprint density at radius 1 is 1.29 bits per heavy atom. The van der Waals surface area contributed by atoms with Crippen LogP contribution in [-0.4, -0.2) is 40.0 Å². The van der Waals surface area contributed by atoms with E-state index in [4.69, 9.17) is 0 Å². The maximum Gasteiger partial charge on any atom is 0.416 e. The highest BCUT2D eigenvalue weighted by molar-refractivity contribution is 6.00. The van der Waals surface area contributed by atoms with Crippen molar-refractivity contribution in [3.63, 3.8) is 0 Å². The number of hydrazine groups is 1. The number of alkyl halides is 3. The zero-order chi connectivity index (χ0) is 25.7. The molecular formula is C26H26F3N5O. The number of hydrogen-bond acceptors (Lipinski definition) is 5. The van der Waals surface area contributed by atoms with Crippen LogP contribution in [0.15, 0.2) is 53.9 Å². The van der Waals surface area contributed by atoms with E-state index in [1.165, 1.54) is 18.3 Å². The molecule has 1 fully saturated rings. The van der Waals surface area contributed by atoms with Gasteiger partial charge < -0.3 is 5.32 Å². The van der Waals surface area contributed by atoms with E-state index in [1.54, 1.807) is 19.0 Å². The zero-order valence-electron chi connectivity index (χ0n) is 20.0. The van der Waals surface area contributed by atoms with Gasteiger partial charge in [0.15, 0.2) is 0 Å². The third-order valence-corrected chi connectivity index (χ3v) is 7.11. The maximum absolute atomic E-state index is 13.5. The quantitative estimate of drug-likeness (QED) is 0.631. The molecule has 1 amide bonds. The highest BCUT2D eigenvalue weighted by Gasteiger charge is 2.48. The number of anilines is 1. The van der Waals surface area contributed by atoms with Crippen LogP contribution >= 0.6 is 0 Å². The molecule has 1 aromatic carbocycles. The number of likely N-dealkylation sites (N-methyl/N-ethyl adjacent to an activating group) is 1. The van der Waals surface area contributed by atoms with Crippen molar-refractivity contribution in [2.45, 2.75) is 45.3 Å². The molecule has 4 rings (SSSR count). The molecule has 182 valence electrons. The molecule has 6 nitrogen and oxygen atoms in total. The van der Waals surface area contributed by atoms with E-state index in [0.29, 0.717) is 28.2 Å². The van der Waals surface area contributed by atoms with Crippen LogP contribution in [0.4, 0.5) is 18.9 Å². The number of rotatable bonds is 4. The van der Waals surface area contributed by atoms with E-state index in [2.05, 4.69) is 23.8 Å². The molecule has 0 spiro atoms. The minimum Gasteiger partial charge on any atom is -0.355 e. The van der Waals surface area contributed by atoms with Gasteiger partial charge in [-0.3, -0.25) is 14.8 Å². The topological polar surface area (TPSA) is 72.3 Å². The molecule has 35 heavy (non-hydrogen) atoms. The fourth-order valence-corrected chi connectivity index (χ4v) is 4.95. The number of amides is 1. The number of aryl methyl sites for hydroxylation is 1. The highest BCUT2D eigenvalue weighted by Crippen LogP contribution is 2.43. The van der Waals surface area contributed by atoms with Crippen molar-refractivity contribution >= 4 is 11.6 Å². The third-order valence-electron chi connectivity index (χ3n) is 7.11. The van der Waals surface area contributed by atoms with Gasteiger partial charge in [-0.15, -0.1) is 0 Å². The number of fused-ring (bicyclic) bond motifs is 1. The second kappa shape index (κ2) is 8.54. The molecule has 2 aliphatic rings. The summed E-state index contributed by atoms with van der Waals surface area (Å²) in [4.78, 5) is 17.4. The Morgan fingerprint density at radius 2 is 2.00 bits per heavy atom. The van der Waals surface area contributed by atoms with Gasteiger partial charge in [0.05, 0.1) is 27.9 Å². The molecule has 3 heterocycles. The third kappa shape index (κ3) is 4.08. The Kier molecular flexibility index (Phi) is 5.97. The van der Waals surface area contributed by atoms with Gasteiger partial charge in [-0.2, -0.15) is 18.4 Å². The lowest BCUT2D eigenvalue weighted by atomic mass is 9.84. The average molecular weight is 482 g/mol. The summed E-state index contributed by atoms with van der Waals surface area (Å²) in [7, 11) is 1.72. The van der Waals surface area contributed by atoms with Crippen LogP contribution in [0.2, 0.25) is 0 Å². The number of carbonyl (C=O) groups excluding carboxylic acids is 1. The largest absolute Gasteiger partial charge is 0.416 e. The number of nitrogens with one attached hydrogen (secondary N) is 1. The Hall–Kier alpha value is -3.64. The number of nitriles is 1. The van der Waals surface area contributed by atoms with Gasteiger partial charge in [-0.05, 0) is 63.5 Å². The van der Waals surface area contributed by atoms with E-state index < -0.39 is 11.7 Å². The first-order valence-electron chi connectivity index (χ1n) is 11.2. The second-order valence-corrected chi connectivity index (χ2v) is 9.16. The predicted octanol–water partition coefficient (Wildman–Crippen LogP) is 5.43. The van der Waals surface area contributed by atoms with Gasteiger partial charge in [0.1, 0.15) is 6.07 Å². The average Bonchev–Trinajstić information content (AvgIpc) is 3.21. The Balaban J connectivity index is 1.80. The minimum atomic E-state index is -4.55. The van der Waals surface area contributed by atoms with E-state index in [1.807, 2.05) is 18.0 Å². The lowest BCUT2D eigenvalue weighted by Crippen LogP contribution is -2.58. The number of carbonyl (C=O) groups is 1. The summed E-state index contributed by atoms with van der Waals surface area (Å²) in [6.07, 6.45) is -1.29. The van der Waals surface area contributed by atoms with Gasteiger partial charge >= 0.3 is 6.18 Å². The van der Waals surface area contributed by atoms with Crippen LogP contribution < -0.4 is 5.32 Å². The predicted molar refractivity (Wildman–Crippen MR) is 127 cm³/mol. The molecule has 1 N–H and O–H groups in total. The van der Waals surface area contributed by atoms with Gasteiger partial charge in [0, 0.05) is 42.3 Å². The molecule has 1 unspecified atom stereocenters. The van der Waals surface area contributed by atoms with Crippen molar-refractivity contribution < 1.29 is 18.0 Å².